The molecule has 0 saturated carbocycles. The minimum Gasteiger partial charge on any atom is -0.445 e. The number of benzene rings is 2. The van der Waals surface area contributed by atoms with E-state index in [4.69, 9.17) is 9.16 Å². The third kappa shape index (κ3) is 9.49. The van der Waals surface area contributed by atoms with Crippen LogP contribution in [0.15, 0.2) is 59.1 Å². The van der Waals surface area contributed by atoms with Crippen LogP contribution in [0.4, 0.5) is 18.0 Å². The Kier molecular flexibility index (Phi) is 13.0. The van der Waals surface area contributed by atoms with E-state index in [0.29, 0.717) is 17.7 Å². The van der Waals surface area contributed by atoms with Gasteiger partial charge in [-0.1, -0.05) is 74.5 Å². The number of hydrogen-bond acceptors (Lipinski definition) is 7. The van der Waals surface area contributed by atoms with Gasteiger partial charge >= 0.3 is 18.2 Å². The topological polar surface area (TPSA) is 80.9 Å². The van der Waals surface area contributed by atoms with Crippen molar-refractivity contribution < 1.29 is 31.7 Å². The Morgan fingerprint density at radius 2 is 1.80 bits per heavy atom. The van der Waals surface area contributed by atoms with E-state index in [2.05, 4.69) is 53.4 Å². The summed E-state index contributed by atoms with van der Waals surface area (Å²) in [6.45, 7) is 13.2. The Bertz CT molecular complexity index is 1360. The Labute approximate surface area is 272 Å². The monoisotopic (exact) mass is 672 g/mol. The summed E-state index contributed by atoms with van der Waals surface area (Å²) in [6.07, 6.45) is -4.29. The first-order chi connectivity index (χ1) is 19.6. The third-order valence-electron chi connectivity index (χ3n) is 8.09. The number of rotatable bonds is 9. The van der Waals surface area contributed by atoms with Crippen LogP contribution < -0.4 is 0 Å². The Balaban J connectivity index is 0.00000337. The van der Waals surface area contributed by atoms with Gasteiger partial charge in [-0.25, -0.2) is 4.79 Å². The van der Waals surface area contributed by atoms with Crippen LogP contribution >= 0.6 is 27.0 Å². The largest absolute Gasteiger partial charge is 0.471 e. The first-order valence-corrected chi connectivity index (χ1v) is 16.9. The molecule has 8 nitrogen and oxygen atoms in total. The van der Waals surface area contributed by atoms with E-state index in [1.54, 1.807) is 25.2 Å². The minimum atomic E-state index is -4.74. The van der Waals surface area contributed by atoms with Crippen LogP contribution in [0.1, 0.15) is 50.3 Å². The van der Waals surface area contributed by atoms with Crippen LogP contribution in [0.25, 0.3) is 11.4 Å². The molecule has 0 aliphatic carbocycles. The molecule has 1 fully saturated rings. The van der Waals surface area contributed by atoms with Crippen molar-refractivity contribution in [3.63, 3.8) is 0 Å². The molecule has 14 heteroatoms. The molecule has 1 aromatic heterocycles. The number of amides is 1. The number of hydrogen-bond donors (Lipinski definition) is 0. The zero-order valence-corrected chi connectivity index (χ0v) is 28.9. The second-order valence-corrected chi connectivity index (χ2v) is 17.0. The van der Waals surface area contributed by atoms with Gasteiger partial charge < -0.3 is 18.6 Å². The highest BCUT2D eigenvalue weighted by Gasteiger charge is 2.41. The standard InChI is InChI=1S/C30H39F3N4O4Si.2H2S/c1-29(2,3)42(5,6)41-24-15-16-37(18-24)19-25(36(4)28(38)39-20-21-11-8-7-9-12-21)22-13-10-14-23(17-22)26-34-27(40-35-26)30(31,32)33;;/h7-14,17,24-25H,15-16,18-20H2,1-6H3;2*1H2/t24-,25+;;/m0../s1. The summed E-state index contributed by atoms with van der Waals surface area (Å²) < 4.78 is 55.9. The molecular formula is C30H43F3N4O4S2Si. The zero-order valence-electron chi connectivity index (χ0n) is 25.9. The van der Waals surface area contributed by atoms with E-state index >= 15 is 0 Å². The average molecular weight is 673 g/mol. The summed E-state index contributed by atoms with van der Waals surface area (Å²) in [7, 11) is -0.289. The highest BCUT2D eigenvalue weighted by molar-refractivity contribution is 7.59. The van der Waals surface area contributed by atoms with Crippen LogP contribution in [0.2, 0.25) is 18.1 Å². The fourth-order valence-corrected chi connectivity index (χ4v) is 6.02. The van der Waals surface area contributed by atoms with Crippen molar-refractivity contribution in [3.05, 3.63) is 71.6 Å². The molecule has 0 N–H and O–H groups in total. The van der Waals surface area contributed by atoms with Crippen molar-refractivity contribution in [1.29, 1.82) is 0 Å². The Hall–Kier alpha value is -2.52. The van der Waals surface area contributed by atoms with Gasteiger partial charge in [0.1, 0.15) is 6.61 Å². The lowest BCUT2D eigenvalue weighted by Gasteiger charge is -2.38. The molecule has 4 rings (SSSR count). The Morgan fingerprint density at radius 3 is 2.41 bits per heavy atom. The van der Waals surface area contributed by atoms with E-state index in [0.717, 1.165) is 25.1 Å². The maximum atomic E-state index is 13.2. The van der Waals surface area contributed by atoms with Crippen LogP contribution in [-0.2, 0) is 21.9 Å². The molecule has 2 aromatic carbocycles. The number of alkyl halides is 3. The smallest absolute Gasteiger partial charge is 0.445 e. The number of likely N-dealkylation sites (tertiary alicyclic amines) is 1. The quantitative estimate of drug-likeness (QED) is 0.219. The third-order valence-corrected chi connectivity index (χ3v) is 12.6. The second-order valence-electron chi connectivity index (χ2n) is 12.3. The fourth-order valence-electron chi connectivity index (χ4n) is 4.64. The highest BCUT2D eigenvalue weighted by atomic mass is 32.1. The van der Waals surface area contributed by atoms with E-state index in [9.17, 15) is 18.0 Å². The fraction of sp³-hybridized carbons (Fsp3) is 0.500. The number of carbonyl (C=O) groups is 1. The first-order valence-electron chi connectivity index (χ1n) is 14.0. The summed E-state index contributed by atoms with van der Waals surface area (Å²) in [6, 6.07) is 15.8. The van der Waals surface area contributed by atoms with Crippen LogP contribution in [-0.4, -0.2) is 67.1 Å². The number of nitrogens with zero attached hydrogens (tertiary/aromatic N) is 4. The highest BCUT2D eigenvalue weighted by Crippen LogP contribution is 2.38. The molecule has 0 spiro atoms. The van der Waals surface area contributed by atoms with Crippen molar-refractivity contribution in [2.75, 3.05) is 26.7 Å². The zero-order chi connectivity index (χ0) is 30.7. The van der Waals surface area contributed by atoms with Crippen LogP contribution in [0.5, 0.6) is 0 Å². The molecule has 244 valence electrons. The van der Waals surface area contributed by atoms with Gasteiger partial charge in [0, 0.05) is 32.2 Å². The maximum absolute atomic E-state index is 13.2. The van der Waals surface area contributed by atoms with Crippen molar-refractivity contribution >= 4 is 41.4 Å². The lowest BCUT2D eigenvalue weighted by atomic mass is 10.0. The van der Waals surface area contributed by atoms with Crippen molar-refractivity contribution in [3.8, 4) is 11.4 Å². The van der Waals surface area contributed by atoms with Gasteiger partial charge in [-0.05, 0) is 41.7 Å². The van der Waals surface area contributed by atoms with Crippen molar-refractivity contribution in [2.24, 2.45) is 0 Å². The number of carbonyl (C=O) groups excluding carboxylic acids is 1. The molecule has 2 atom stereocenters. The van der Waals surface area contributed by atoms with Crippen LogP contribution in [0.3, 0.4) is 0 Å². The predicted octanol–water partition coefficient (Wildman–Crippen LogP) is 7.39. The van der Waals surface area contributed by atoms with Gasteiger partial charge in [0.25, 0.3) is 0 Å². The average Bonchev–Trinajstić information content (AvgIpc) is 3.60. The van der Waals surface area contributed by atoms with E-state index in [-0.39, 0.29) is 50.6 Å². The molecule has 1 aliphatic rings. The summed E-state index contributed by atoms with van der Waals surface area (Å²) >= 11 is 0. The molecule has 1 aliphatic heterocycles. The molecule has 1 saturated heterocycles. The normalized spacial score (nSPS) is 16.5. The van der Waals surface area contributed by atoms with Crippen molar-refractivity contribution in [2.45, 2.75) is 70.3 Å². The first kappa shape index (κ1) is 37.7. The summed E-state index contributed by atoms with van der Waals surface area (Å²) in [5, 5.41) is 3.62. The van der Waals surface area contributed by atoms with Gasteiger partial charge in [-0.3, -0.25) is 4.90 Å². The number of ether oxygens (including phenoxy) is 1. The van der Waals surface area contributed by atoms with Gasteiger partial charge in [0.05, 0.1) is 12.1 Å². The SMILES string of the molecule is CN(C(=O)OCc1ccccc1)[C@H](CN1CC[C@H](O[Si](C)(C)C(C)(C)C)C1)c1cccc(-c2noc(C(F)(F)F)n2)c1.S.S. The molecule has 3 aromatic rings. The predicted molar refractivity (Wildman–Crippen MR) is 176 cm³/mol. The molecule has 44 heavy (non-hydrogen) atoms. The van der Waals surface area contributed by atoms with Gasteiger partial charge in [-0.2, -0.15) is 45.1 Å². The lowest BCUT2D eigenvalue weighted by molar-refractivity contribution is -0.159. The molecule has 2 heterocycles. The van der Waals surface area contributed by atoms with Crippen LogP contribution in [0, 0.1) is 0 Å². The lowest BCUT2D eigenvalue weighted by Crippen LogP contribution is -2.45. The van der Waals surface area contributed by atoms with E-state index in [1.165, 1.54) is 4.90 Å². The molecular weight excluding hydrogens is 630 g/mol. The van der Waals surface area contributed by atoms with E-state index < -0.39 is 32.5 Å². The minimum absolute atomic E-state index is 0. The molecule has 0 unspecified atom stereocenters. The molecule has 0 bridgehead atoms. The van der Waals surface area contributed by atoms with Gasteiger partial charge in [-0.15, -0.1) is 0 Å². The van der Waals surface area contributed by atoms with Gasteiger partial charge in [0.2, 0.25) is 5.82 Å². The summed E-state index contributed by atoms with van der Waals surface area (Å²) in [5.74, 6) is -1.59. The second kappa shape index (κ2) is 15.2. The number of aromatic nitrogens is 2. The maximum Gasteiger partial charge on any atom is 0.471 e. The Morgan fingerprint density at radius 1 is 1.11 bits per heavy atom. The van der Waals surface area contributed by atoms with Crippen molar-refractivity contribution in [1.82, 2.24) is 19.9 Å². The number of halogens is 3. The molecule has 1 amide bonds. The molecule has 0 radical (unpaired) electrons. The summed E-state index contributed by atoms with van der Waals surface area (Å²) in [4.78, 5) is 20.6. The number of likely N-dealkylation sites (N-methyl/N-ethyl adjacent to an activating group) is 1. The van der Waals surface area contributed by atoms with Gasteiger partial charge in [0.15, 0.2) is 8.32 Å². The summed E-state index contributed by atoms with van der Waals surface area (Å²) in [5.41, 5.74) is 1.92. The van der Waals surface area contributed by atoms with E-state index in [1.807, 2.05) is 36.4 Å².